The van der Waals surface area contributed by atoms with Crippen molar-refractivity contribution in [1.82, 2.24) is 4.90 Å². The Hall–Kier alpha value is 0.310. The van der Waals surface area contributed by atoms with E-state index in [4.69, 9.17) is 0 Å². The van der Waals surface area contributed by atoms with E-state index >= 15 is 0 Å². The van der Waals surface area contributed by atoms with Crippen molar-refractivity contribution >= 4 is 11.8 Å². The second-order valence-corrected chi connectivity index (χ2v) is 4.01. The van der Waals surface area contributed by atoms with E-state index < -0.39 is 0 Å². The average Bonchev–Trinajstić information content (AvgIpc) is 2.78. The lowest BCUT2D eigenvalue weighted by atomic mass is 10.3. The Kier molecular flexibility index (Phi) is 16.9. The first-order valence-electron chi connectivity index (χ1n) is 6.78. The molecule has 0 amide bonds. The molecule has 2 aliphatic heterocycles. The molecule has 0 aromatic carbocycles. The third-order valence-corrected chi connectivity index (χ3v) is 3.52. The fourth-order valence-electron chi connectivity index (χ4n) is 1.54. The van der Waals surface area contributed by atoms with Crippen LogP contribution in [0, 0.1) is 0 Å². The van der Waals surface area contributed by atoms with Crippen LogP contribution < -0.4 is 0 Å². The van der Waals surface area contributed by atoms with Crippen LogP contribution in [0.4, 0.5) is 0 Å². The number of rotatable bonds is 1. The summed E-state index contributed by atoms with van der Waals surface area (Å²) in [5.74, 6) is 2.81. The van der Waals surface area contributed by atoms with Crippen molar-refractivity contribution in [2.45, 2.75) is 60.4 Å². The standard InChI is InChI=1S/C7H13NS.3C2H6/c1-2-4-8(3-1)7-5-9-6-7;3*1-2/h7H,1-6H2;3*1-2H3. The van der Waals surface area contributed by atoms with Gasteiger partial charge in [0, 0.05) is 17.5 Å². The Labute approximate surface area is 102 Å². The van der Waals surface area contributed by atoms with E-state index in [1.165, 1.54) is 37.4 Å². The maximum atomic E-state index is 2.65. The molecular weight excluding hydrogens is 202 g/mol. The summed E-state index contributed by atoms with van der Waals surface area (Å²) in [6.07, 6.45) is 2.89. The fourth-order valence-corrected chi connectivity index (χ4v) is 2.41. The molecule has 0 saturated carbocycles. The molecule has 0 atom stereocenters. The molecule has 1 nitrogen and oxygen atoms in total. The third-order valence-electron chi connectivity index (χ3n) is 2.28. The van der Waals surface area contributed by atoms with Gasteiger partial charge in [-0.15, -0.1) is 0 Å². The molecule has 0 aliphatic carbocycles. The van der Waals surface area contributed by atoms with Crippen LogP contribution in [-0.4, -0.2) is 35.5 Å². The monoisotopic (exact) mass is 233 g/mol. The number of likely N-dealkylation sites (tertiary alicyclic amines) is 1. The molecule has 0 radical (unpaired) electrons. The molecule has 0 spiro atoms. The molecule has 2 rings (SSSR count). The van der Waals surface area contributed by atoms with Gasteiger partial charge < -0.3 is 0 Å². The highest BCUT2D eigenvalue weighted by Crippen LogP contribution is 2.25. The van der Waals surface area contributed by atoms with Gasteiger partial charge in [0.15, 0.2) is 0 Å². The summed E-state index contributed by atoms with van der Waals surface area (Å²) in [5.41, 5.74) is 0. The molecule has 2 aliphatic rings. The lowest BCUT2D eigenvalue weighted by Crippen LogP contribution is -2.42. The number of nitrogens with zero attached hydrogens (tertiary/aromatic N) is 1. The Morgan fingerprint density at radius 2 is 1.20 bits per heavy atom. The summed E-state index contributed by atoms with van der Waals surface area (Å²) in [6, 6.07) is 0.970. The zero-order chi connectivity index (χ0) is 12.1. The van der Waals surface area contributed by atoms with Crippen LogP contribution in [0.25, 0.3) is 0 Å². The van der Waals surface area contributed by atoms with E-state index in [1.807, 2.05) is 41.5 Å². The topological polar surface area (TPSA) is 3.24 Å². The van der Waals surface area contributed by atoms with Gasteiger partial charge in [-0.2, -0.15) is 11.8 Å². The number of hydrogen-bond acceptors (Lipinski definition) is 2. The van der Waals surface area contributed by atoms with Gasteiger partial charge in [-0.1, -0.05) is 41.5 Å². The molecule has 0 aromatic rings. The molecule has 0 unspecified atom stereocenters. The van der Waals surface area contributed by atoms with Crippen molar-refractivity contribution in [2.24, 2.45) is 0 Å². The van der Waals surface area contributed by atoms with Crippen molar-refractivity contribution < 1.29 is 0 Å². The van der Waals surface area contributed by atoms with E-state index in [-0.39, 0.29) is 0 Å². The minimum absolute atomic E-state index is 0.970. The van der Waals surface area contributed by atoms with Crippen LogP contribution in [-0.2, 0) is 0 Å². The third kappa shape index (κ3) is 7.24. The van der Waals surface area contributed by atoms with Gasteiger partial charge in [0.2, 0.25) is 0 Å². The van der Waals surface area contributed by atoms with E-state index in [1.54, 1.807) is 0 Å². The number of hydrogen-bond donors (Lipinski definition) is 0. The van der Waals surface area contributed by atoms with Crippen molar-refractivity contribution in [3.8, 4) is 0 Å². The zero-order valence-corrected chi connectivity index (χ0v) is 12.5. The normalized spacial score (nSPS) is 19.6. The van der Waals surface area contributed by atoms with Crippen LogP contribution in [0.3, 0.4) is 0 Å². The summed E-state index contributed by atoms with van der Waals surface area (Å²) in [7, 11) is 0. The van der Waals surface area contributed by atoms with Gasteiger partial charge in [-0.25, -0.2) is 0 Å². The molecule has 0 bridgehead atoms. The zero-order valence-electron chi connectivity index (χ0n) is 11.7. The molecule has 0 N–H and O–H groups in total. The average molecular weight is 233 g/mol. The first kappa shape index (κ1) is 17.7. The van der Waals surface area contributed by atoms with Crippen LogP contribution in [0.15, 0.2) is 0 Å². The second kappa shape index (κ2) is 14.3. The number of thioether (sulfide) groups is 1. The second-order valence-electron chi connectivity index (χ2n) is 2.93. The smallest absolute Gasteiger partial charge is 0.0276 e. The van der Waals surface area contributed by atoms with E-state index in [9.17, 15) is 0 Å². The summed E-state index contributed by atoms with van der Waals surface area (Å²) < 4.78 is 0. The van der Waals surface area contributed by atoms with E-state index in [0.717, 1.165) is 6.04 Å². The Morgan fingerprint density at radius 3 is 1.47 bits per heavy atom. The van der Waals surface area contributed by atoms with Crippen LogP contribution in [0.2, 0.25) is 0 Å². The first-order chi connectivity index (χ1) is 7.47. The van der Waals surface area contributed by atoms with Crippen LogP contribution in [0.1, 0.15) is 54.4 Å². The van der Waals surface area contributed by atoms with Gasteiger partial charge >= 0.3 is 0 Å². The maximum absolute atomic E-state index is 2.65. The molecule has 2 heteroatoms. The Bertz CT molecular complexity index is 96.7. The highest BCUT2D eigenvalue weighted by Gasteiger charge is 2.26. The predicted octanol–water partition coefficient (Wildman–Crippen LogP) is 4.28. The molecule has 94 valence electrons. The predicted molar refractivity (Wildman–Crippen MR) is 76.0 cm³/mol. The van der Waals surface area contributed by atoms with Gasteiger partial charge in [0.1, 0.15) is 0 Å². The van der Waals surface area contributed by atoms with Crippen LogP contribution in [0.5, 0.6) is 0 Å². The highest BCUT2D eigenvalue weighted by atomic mass is 32.2. The van der Waals surface area contributed by atoms with E-state index in [0.29, 0.717) is 0 Å². The Balaban J connectivity index is 0. The van der Waals surface area contributed by atoms with Crippen molar-refractivity contribution in [1.29, 1.82) is 0 Å². The molecule has 15 heavy (non-hydrogen) atoms. The lowest BCUT2D eigenvalue weighted by molar-refractivity contribution is 0.274. The summed E-state index contributed by atoms with van der Waals surface area (Å²) in [5, 5.41) is 0. The summed E-state index contributed by atoms with van der Waals surface area (Å²) in [6.45, 7) is 14.8. The van der Waals surface area contributed by atoms with Gasteiger partial charge in [-0.05, 0) is 25.9 Å². The van der Waals surface area contributed by atoms with Gasteiger partial charge in [0.25, 0.3) is 0 Å². The lowest BCUT2D eigenvalue weighted by Gasteiger charge is -2.33. The maximum Gasteiger partial charge on any atom is 0.0276 e. The molecular formula is C13H31NS. The molecule has 2 heterocycles. The van der Waals surface area contributed by atoms with Crippen LogP contribution >= 0.6 is 11.8 Å². The molecule has 2 saturated heterocycles. The minimum atomic E-state index is 0.970. The minimum Gasteiger partial charge on any atom is -0.299 e. The van der Waals surface area contributed by atoms with Crippen molar-refractivity contribution in [3.63, 3.8) is 0 Å². The fraction of sp³-hybridized carbons (Fsp3) is 1.00. The Morgan fingerprint density at radius 1 is 0.800 bits per heavy atom. The van der Waals surface area contributed by atoms with Gasteiger partial charge in [-0.3, -0.25) is 4.90 Å². The quantitative estimate of drug-likeness (QED) is 0.665. The molecule has 0 aromatic heterocycles. The van der Waals surface area contributed by atoms with Crippen molar-refractivity contribution in [3.05, 3.63) is 0 Å². The van der Waals surface area contributed by atoms with E-state index in [2.05, 4.69) is 16.7 Å². The largest absolute Gasteiger partial charge is 0.299 e. The van der Waals surface area contributed by atoms with Crippen molar-refractivity contribution in [2.75, 3.05) is 24.6 Å². The summed E-state index contributed by atoms with van der Waals surface area (Å²) in [4.78, 5) is 2.65. The first-order valence-corrected chi connectivity index (χ1v) is 7.94. The van der Waals surface area contributed by atoms with Gasteiger partial charge in [0.05, 0.1) is 0 Å². The molecule has 2 fully saturated rings. The SMILES string of the molecule is C1CCN(C2CSC2)C1.CC.CC.CC. The summed E-state index contributed by atoms with van der Waals surface area (Å²) >= 11 is 2.09. The highest BCUT2D eigenvalue weighted by molar-refractivity contribution is 8.00.